The Hall–Kier alpha value is -4.80. The number of nitrogens with one attached hydrogen (secondary N) is 1. The molecule has 4 aromatic rings. The molecule has 0 bridgehead atoms. The first-order valence-electron chi connectivity index (χ1n) is 11.4. The molecule has 5 rings (SSSR count). The van der Waals surface area contributed by atoms with Gasteiger partial charge in [0, 0.05) is 36.4 Å². The number of amides is 1. The van der Waals surface area contributed by atoms with Crippen LogP contribution in [0.5, 0.6) is 5.75 Å². The molecule has 2 heterocycles. The maximum atomic E-state index is 13.3. The van der Waals surface area contributed by atoms with Crippen LogP contribution in [0, 0.1) is 22.7 Å². The second kappa shape index (κ2) is 9.69. The molecular weight excluding hydrogens is 488 g/mol. The fraction of sp³-hybridized carbons (Fsp3) is 0.185. The summed E-state index contributed by atoms with van der Waals surface area (Å²) in [6, 6.07) is 17.9. The molecule has 1 N–H and O–H groups in total. The molecule has 37 heavy (non-hydrogen) atoms. The summed E-state index contributed by atoms with van der Waals surface area (Å²) in [7, 11) is 3.09. The number of aryl methyl sites for hydroxylation is 1. The highest BCUT2D eigenvalue weighted by molar-refractivity contribution is 7.15. The Morgan fingerprint density at radius 2 is 1.78 bits per heavy atom. The number of carbonyl (C=O) groups is 1. The molecule has 2 atom stereocenters. The number of carbonyl (C=O) groups excluding carboxylic acids is 1. The lowest BCUT2D eigenvalue weighted by Gasteiger charge is -2.14. The van der Waals surface area contributed by atoms with E-state index in [-0.39, 0.29) is 17.0 Å². The van der Waals surface area contributed by atoms with Crippen LogP contribution in [0.3, 0.4) is 0 Å². The number of ether oxygens (including phenoxy) is 1. The Balaban J connectivity index is 1.40. The molecule has 1 aliphatic carbocycles. The molecule has 1 saturated carbocycles. The zero-order valence-corrected chi connectivity index (χ0v) is 20.7. The number of hydrogen-bond donors (Lipinski definition) is 1. The van der Waals surface area contributed by atoms with Crippen LogP contribution in [0.1, 0.15) is 50.3 Å². The van der Waals surface area contributed by atoms with Crippen molar-refractivity contribution in [2.75, 3.05) is 12.4 Å². The van der Waals surface area contributed by atoms with Crippen LogP contribution in [-0.2, 0) is 7.05 Å². The minimum absolute atomic E-state index is 0.134. The number of benzene rings is 2. The summed E-state index contributed by atoms with van der Waals surface area (Å²) >= 11 is 1.30. The molecule has 10 heteroatoms. The Bertz CT molecular complexity index is 1660. The van der Waals surface area contributed by atoms with Crippen LogP contribution < -0.4 is 15.6 Å². The SMILES string of the molecule is COc1ccc(C#N)cc1-c1cn(C)c(=O)cc1C(=O)Nc1nnc(C2C[C@H]2c2ccc(C#N)cc2)s1. The van der Waals surface area contributed by atoms with Crippen LogP contribution in [-0.4, -0.2) is 27.8 Å². The maximum Gasteiger partial charge on any atom is 0.258 e. The van der Waals surface area contributed by atoms with E-state index < -0.39 is 5.91 Å². The molecule has 2 aromatic carbocycles. The van der Waals surface area contributed by atoms with Crippen molar-refractivity contribution in [3.63, 3.8) is 0 Å². The summed E-state index contributed by atoms with van der Waals surface area (Å²) in [6.45, 7) is 0. The zero-order valence-electron chi connectivity index (χ0n) is 19.9. The number of methoxy groups -OCH3 is 1. The number of rotatable bonds is 6. The molecule has 0 aliphatic heterocycles. The summed E-state index contributed by atoms with van der Waals surface area (Å²) in [4.78, 5) is 25.7. The highest BCUT2D eigenvalue weighted by atomic mass is 32.1. The van der Waals surface area contributed by atoms with Gasteiger partial charge in [0.1, 0.15) is 10.8 Å². The smallest absolute Gasteiger partial charge is 0.258 e. The lowest BCUT2D eigenvalue weighted by molar-refractivity contribution is 0.102. The molecule has 1 aliphatic rings. The van der Waals surface area contributed by atoms with Gasteiger partial charge in [0.2, 0.25) is 5.13 Å². The standard InChI is InChI=1S/C27H20N6O3S/c1-33-14-22(19-9-16(13-29)5-8-23(19)36-2)20(11-24(33)34)25(35)30-27-32-31-26(37-27)21-10-18(21)17-6-3-15(12-28)4-7-17/h3-9,11,14,18,21H,10H2,1-2H3,(H,30,32,35)/t18-,21?/m0/s1. The summed E-state index contributed by atoms with van der Waals surface area (Å²) in [5.74, 6) is 0.452. The van der Waals surface area contributed by atoms with Crippen LogP contribution in [0.4, 0.5) is 5.13 Å². The number of aromatic nitrogens is 3. The van der Waals surface area contributed by atoms with E-state index in [0.717, 1.165) is 17.0 Å². The third-order valence-electron chi connectivity index (χ3n) is 6.33. The van der Waals surface area contributed by atoms with E-state index in [1.807, 2.05) is 12.1 Å². The first kappa shape index (κ1) is 23.9. The fourth-order valence-electron chi connectivity index (χ4n) is 4.26. The molecule has 1 fully saturated rings. The molecule has 0 radical (unpaired) electrons. The number of pyridine rings is 1. The normalized spacial score (nSPS) is 15.9. The molecule has 1 amide bonds. The topological polar surface area (TPSA) is 134 Å². The van der Waals surface area contributed by atoms with Gasteiger partial charge in [0.25, 0.3) is 11.5 Å². The summed E-state index contributed by atoms with van der Waals surface area (Å²) in [5, 5.41) is 30.7. The molecule has 182 valence electrons. The highest BCUT2D eigenvalue weighted by Gasteiger charge is 2.42. The Kier molecular flexibility index (Phi) is 6.26. The molecule has 0 saturated heterocycles. The van der Waals surface area contributed by atoms with Crippen LogP contribution >= 0.6 is 11.3 Å². The van der Waals surface area contributed by atoms with Crippen molar-refractivity contribution >= 4 is 22.4 Å². The molecule has 9 nitrogen and oxygen atoms in total. The maximum absolute atomic E-state index is 13.3. The monoisotopic (exact) mass is 508 g/mol. The predicted molar refractivity (Wildman–Crippen MR) is 138 cm³/mol. The molecule has 2 aromatic heterocycles. The molecule has 1 unspecified atom stereocenters. The first-order chi connectivity index (χ1) is 17.9. The Labute approximate surface area is 216 Å². The van der Waals surface area contributed by atoms with E-state index in [1.165, 1.54) is 29.1 Å². The van der Waals surface area contributed by atoms with Crippen molar-refractivity contribution in [1.29, 1.82) is 10.5 Å². The van der Waals surface area contributed by atoms with Gasteiger partial charge in [-0.05, 0) is 48.2 Å². The Morgan fingerprint density at radius 3 is 2.49 bits per heavy atom. The van der Waals surface area contributed by atoms with Crippen molar-refractivity contribution in [2.24, 2.45) is 7.05 Å². The third kappa shape index (κ3) is 4.70. The van der Waals surface area contributed by atoms with Gasteiger partial charge in [-0.25, -0.2) is 0 Å². The third-order valence-corrected chi connectivity index (χ3v) is 7.30. The minimum Gasteiger partial charge on any atom is -0.496 e. The lowest BCUT2D eigenvalue weighted by atomic mass is 9.98. The number of nitrogens with zero attached hydrogens (tertiary/aromatic N) is 5. The quantitative estimate of drug-likeness (QED) is 0.413. The van der Waals surface area contributed by atoms with Gasteiger partial charge in [-0.3, -0.25) is 14.9 Å². The molecular formula is C27H20N6O3S. The average Bonchev–Trinajstić information content (AvgIpc) is 3.59. The van der Waals surface area contributed by atoms with Gasteiger partial charge in [-0.2, -0.15) is 10.5 Å². The van der Waals surface area contributed by atoms with Crippen molar-refractivity contribution in [3.8, 4) is 29.0 Å². The van der Waals surface area contributed by atoms with Gasteiger partial charge in [-0.1, -0.05) is 23.5 Å². The summed E-state index contributed by atoms with van der Waals surface area (Å²) in [5.41, 5.74) is 2.90. The van der Waals surface area contributed by atoms with E-state index in [9.17, 15) is 14.9 Å². The average molecular weight is 509 g/mol. The summed E-state index contributed by atoms with van der Waals surface area (Å²) in [6.07, 6.45) is 2.47. The predicted octanol–water partition coefficient (Wildman–Crippen LogP) is 4.18. The van der Waals surface area contributed by atoms with E-state index in [4.69, 9.17) is 10.00 Å². The van der Waals surface area contributed by atoms with Crippen molar-refractivity contribution < 1.29 is 9.53 Å². The van der Waals surface area contributed by atoms with E-state index in [0.29, 0.717) is 39.1 Å². The van der Waals surface area contributed by atoms with Gasteiger partial charge < -0.3 is 9.30 Å². The highest BCUT2D eigenvalue weighted by Crippen LogP contribution is 2.55. The van der Waals surface area contributed by atoms with Crippen molar-refractivity contribution in [3.05, 3.63) is 92.3 Å². The van der Waals surface area contributed by atoms with E-state index in [2.05, 4.69) is 27.7 Å². The van der Waals surface area contributed by atoms with Gasteiger partial charge >= 0.3 is 0 Å². The number of hydrogen-bond acceptors (Lipinski definition) is 8. The van der Waals surface area contributed by atoms with Gasteiger partial charge in [0.15, 0.2) is 0 Å². The zero-order chi connectivity index (χ0) is 26.1. The largest absolute Gasteiger partial charge is 0.496 e. The first-order valence-corrected chi connectivity index (χ1v) is 12.2. The lowest BCUT2D eigenvalue weighted by Crippen LogP contribution is -2.21. The Morgan fingerprint density at radius 1 is 1.05 bits per heavy atom. The molecule has 0 spiro atoms. The van der Waals surface area contributed by atoms with Crippen LogP contribution in [0.25, 0.3) is 11.1 Å². The van der Waals surface area contributed by atoms with Crippen molar-refractivity contribution in [2.45, 2.75) is 18.3 Å². The van der Waals surface area contributed by atoms with Gasteiger partial charge in [-0.15, -0.1) is 10.2 Å². The number of anilines is 1. The van der Waals surface area contributed by atoms with Crippen LogP contribution in [0.2, 0.25) is 0 Å². The fourth-order valence-corrected chi connectivity index (χ4v) is 5.18. The van der Waals surface area contributed by atoms with E-state index in [1.54, 1.807) is 43.6 Å². The summed E-state index contributed by atoms with van der Waals surface area (Å²) < 4.78 is 6.82. The second-order valence-electron chi connectivity index (χ2n) is 8.66. The van der Waals surface area contributed by atoms with Crippen LogP contribution in [0.15, 0.2) is 59.5 Å². The van der Waals surface area contributed by atoms with E-state index >= 15 is 0 Å². The number of nitriles is 2. The second-order valence-corrected chi connectivity index (χ2v) is 9.67. The van der Waals surface area contributed by atoms with Crippen molar-refractivity contribution in [1.82, 2.24) is 14.8 Å². The minimum atomic E-state index is -0.515. The van der Waals surface area contributed by atoms with Gasteiger partial charge in [0.05, 0.1) is 35.9 Å².